The van der Waals surface area contributed by atoms with Gasteiger partial charge in [-0.1, -0.05) is 0 Å². The van der Waals surface area contributed by atoms with Crippen LogP contribution in [-0.2, 0) is 4.74 Å². The van der Waals surface area contributed by atoms with E-state index in [4.69, 9.17) is 9.47 Å². The molecule has 2 aliphatic heterocycles. The summed E-state index contributed by atoms with van der Waals surface area (Å²) in [5.74, 6) is 0.174. The Bertz CT molecular complexity index is 1330. The molecule has 7 nitrogen and oxygen atoms in total. The highest BCUT2D eigenvalue weighted by molar-refractivity contribution is 5.86. The molecule has 1 atom stereocenters. The zero-order chi connectivity index (χ0) is 25.6. The molecule has 37 heavy (non-hydrogen) atoms. The molecular weight excluding hydrogens is 483 g/mol. The Morgan fingerprint density at radius 2 is 2.05 bits per heavy atom. The standard InChI is InChI=1S/C27H30F3N5O2/c1-36-25-24-19(17-12-20-16(2-3-22(29)30)6-10-31-23(20)21(28)13-17)7-11-35(24)34-26(33-25)32-18-4-8-27(9-5-18)14-37-15-27/h7,10-13,16,18,22H,2-6,8-9,14-15H2,1H3,(H,32,34). The minimum absolute atomic E-state index is 0.208. The average Bonchev–Trinajstić information content (AvgIpc) is 3.30. The summed E-state index contributed by atoms with van der Waals surface area (Å²) >= 11 is 0. The van der Waals surface area contributed by atoms with Crippen molar-refractivity contribution in [2.24, 2.45) is 10.4 Å². The van der Waals surface area contributed by atoms with Crippen molar-refractivity contribution in [2.45, 2.75) is 63.3 Å². The van der Waals surface area contributed by atoms with Gasteiger partial charge in [-0.3, -0.25) is 4.99 Å². The lowest BCUT2D eigenvalue weighted by Gasteiger charge is -2.46. The minimum atomic E-state index is -2.39. The summed E-state index contributed by atoms with van der Waals surface area (Å²) in [5, 5.41) is 8.12. The molecule has 6 rings (SSSR count). The normalized spacial score (nSPS) is 20.8. The number of alkyl halides is 2. The highest BCUT2D eigenvalue weighted by Crippen LogP contribution is 2.44. The van der Waals surface area contributed by atoms with Crippen LogP contribution in [0.2, 0.25) is 0 Å². The number of aromatic nitrogens is 3. The van der Waals surface area contributed by atoms with Gasteiger partial charge in [-0.15, -0.1) is 5.10 Å². The van der Waals surface area contributed by atoms with Gasteiger partial charge in [0.05, 0.1) is 20.3 Å². The summed E-state index contributed by atoms with van der Waals surface area (Å²) in [5.41, 5.74) is 3.18. The van der Waals surface area contributed by atoms with E-state index in [-0.39, 0.29) is 30.5 Å². The van der Waals surface area contributed by atoms with Gasteiger partial charge >= 0.3 is 0 Å². The largest absolute Gasteiger partial charge is 0.479 e. The van der Waals surface area contributed by atoms with Gasteiger partial charge in [0.2, 0.25) is 18.3 Å². The number of aliphatic imine (C=N–C) groups is 1. The zero-order valence-corrected chi connectivity index (χ0v) is 20.7. The Morgan fingerprint density at radius 1 is 1.24 bits per heavy atom. The van der Waals surface area contributed by atoms with Gasteiger partial charge in [0, 0.05) is 35.9 Å². The van der Waals surface area contributed by atoms with Gasteiger partial charge in [0.25, 0.3) is 0 Å². The number of rotatable bonds is 7. The van der Waals surface area contributed by atoms with Crippen LogP contribution in [0.1, 0.15) is 56.4 Å². The summed E-state index contributed by atoms with van der Waals surface area (Å²) in [6, 6.07) is 5.41. The molecule has 1 aromatic carbocycles. The van der Waals surface area contributed by atoms with Crippen LogP contribution in [0.5, 0.6) is 5.88 Å². The van der Waals surface area contributed by atoms with Crippen LogP contribution in [-0.4, -0.2) is 53.6 Å². The predicted octanol–water partition coefficient (Wildman–Crippen LogP) is 6.15. The molecule has 196 valence electrons. The number of ether oxygens (including phenoxy) is 2. The highest BCUT2D eigenvalue weighted by atomic mass is 19.3. The molecule has 1 spiro atoms. The number of methoxy groups -OCH3 is 1. The molecule has 0 amide bonds. The predicted molar refractivity (Wildman–Crippen MR) is 135 cm³/mol. The molecule has 3 aromatic rings. The van der Waals surface area contributed by atoms with E-state index in [2.05, 4.69) is 20.4 Å². The van der Waals surface area contributed by atoms with E-state index in [1.807, 2.05) is 12.1 Å². The van der Waals surface area contributed by atoms with Gasteiger partial charge < -0.3 is 14.8 Å². The maximum Gasteiger partial charge on any atom is 0.244 e. The van der Waals surface area contributed by atoms with E-state index in [9.17, 15) is 8.78 Å². The number of hydrogen-bond acceptors (Lipinski definition) is 6. The first-order valence-electron chi connectivity index (χ1n) is 12.9. The van der Waals surface area contributed by atoms with Crippen molar-refractivity contribution in [3.8, 4) is 17.0 Å². The number of nitrogens with one attached hydrogen (secondary N) is 1. The van der Waals surface area contributed by atoms with Crippen molar-refractivity contribution in [3.63, 3.8) is 0 Å². The first-order chi connectivity index (χ1) is 17.9. The molecule has 0 radical (unpaired) electrons. The molecular formula is C27H30F3N5O2. The fraction of sp³-hybridized carbons (Fsp3) is 0.519. The van der Waals surface area contributed by atoms with E-state index in [0.29, 0.717) is 45.9 Å². The SMILES string of the molecule is COc1nc(NC2CCC3(CC2)COC3)nn2ccc(-c3cc(F)c4c(c3)C(CCC(F)F)CC=N4)c12. The topological polar surface area (TPSA) is 73.0 Å². The quantitative estimate of drug-likeness (QED) is 0.410. The van der Waals surface area contributed by atoms with Crippen LogP contribution in [0.25, 0.3) is 16.6 Å². The van der Waals surface area contributed by atoms with Crippen LogP contribution in [0.3, 0.4) is 0 Å². The number of hydrogen-bond donors (Lipinski definition) is 1. The van der Waals surface area contributed by atoms with Crippen molar-refractivity contribution in [1.82, 2.24) is 14.6 Å². The lowest BCUT2D eigenvalue weighted by molar-refractivity contribution is -0.131. The lowest BCUT2D eigenvalue weighted by Crippen LogP contribution is -2.47. The third-order valence-corrected chi connectivity index (χ3v) is 8.06. The third kappa shape index (κ3) is 4.56. The number of fused-ring (bicyclic) bond motifs is 2. The van der Waals surface area contributed by atoms with Crippen molar-refractivity contribution in [2.75, 3.05) is 25.6 Å². The monoisotopic (exact) mass is 513 g/mol. The van der Waals surface area contributed by atoms with Crippen LogP contribution in [0.4, 0.5) is 24.8 Å². The molecule has 3 aliphatic rings. The van der Waals surface area contributed by atoms with Crippen molar-refractivity contribution >= 4 is 23.4 Å². The van der Waals surface area contributed by atoms with E-state index in [0.717, 1.165) is 38.9 Å². The molecule has 1 aliphatic carbocycles. The number of nitrogens with zero attached hydrogens (tertiary/aromatic N) is 4. The summed E-state index contributed by atoms with van der Waals surface area (Å²) in [4.78, 5) is 8.84. The second-order valence-corrected chi connectivity index (χ2v) is 10.5. The molecule has 4 heterocycles. The Hall–Kier alpha value is -3.14. The zero-order valence-electron chi connectivity index (χ0n) is 20.7. The van der Waals surface area contributed by atoms with Crippen molar-refractivity contribution < 1.29 is 22.6 Å². The second-order valence-electron chi connectivity index (χ2n) is 10.5. The second kappa shape index (κ2) is 9.63. The molecule has 1 saturated carbocycles. The molecule has 2 fully saturated rings. The first kappa shape index (κ1) is 24.2. The molecule has 2 aromatic heterocycles. The van der Waals surface area contributed by atoms with Crippen LogP contribution >= 0.6 is 0 Å². The maximum atomic E-state index is 15.1. The Labute approximate surface area is 213 Å². The number of benzene rings is 1. The van der Waals surface area contributed by atoms with Crippen molar-refractivity contribution in [1.29, 1.82) is 0 Å². The summed E-state index contributed by atoms with van der Waals surface area (Å²) in [6.45, 7) is 1.73. The Kier molecular flexibility index (Phi) is 6.30. The van der Waals surface area contributed by atoms with E-state index < -0.39 is 12.2 Å². The van der Waals surface area contributed by atoms with E-state index >= 15 is 4.39 Å². The summed E-state index contributed by atoms with van der Waals surface area (Å²) < 4.78 is 53.7. The van der Waals surface area contributed by atoms with Gasteiger partial charge in [0.1, 0.15) is 17.0 Å². The van der Waals surface area contributed by atoms with Crippen molar-refractivity contribution in [3.05, 3.63) is 35.8 Å². The Morgan fingerprint density at radius 3 is 2.76 bits per heavy atom. The maximum absolute atomic E-state index is 15.1. The molecule has 1 unspecified atom stereocenters. The molecule has 1 N–H and O–H groups in total. The van der Waals surface area contributed by atoms with Gasteiger partial charge in [-0.05, 0) is 73.8 Å². The fourth-order valence-electron chi connectivity index (χ4n) is 5.89. The lowest BCUT2D eigenvalue weighted by atomic mass is 9.71. The number of anilines is 1. The number of halogens is 3. The summed E-state index contributed by atoms with van der Waals surface area (Å²) in [6.07, 6.45) is 5.90. The van der Waals surface area contributed by atoms with E-state index in [1.165, 1.54) is 6.07 Å². The van der Waals surface area contributed by atoms with Gasteiger partial charge in [0.15, 0.2) is 0 Å². The first-order valence-corrected chi connectivity index (χ1v) is 12.9. The fourth-order valence-corrected chi connectivity index (χ4v) is 5.89. The van der Waals surface area contributed by atoms with Crippen LogP contribution in [0.15, 0.2) is 29.4 Å². The van der Waals surface area contributed by atoms with Gasteiger partial charge in [-0.25, -0.2) is 17.7 Å². The third-order valence-electron chi connectivity index (χ3n) is 8.06. The highest BCUT2D eigenvalue weighted by Gasteiger charge is 2.41. The molecule has 0 bridgehead atoms. The summed E-state index contributed by atoms with van der Waals surface area (Å²) in [7, 11) is 1.55. The Balaban J connectivity index is 1.30. The molecule has 1 saturated heterocycles. The van der Waals surface area contributed by atoms with Crippen LogP contribution in [0, 0.1) is 11.2 Å². The smallest absolute Gasteiger partial charge is 0.244 e. The minimum Gasteiger partial charge on any atom is -0.479 e. The van der Waals surface area contributed by atoms with Crippen LogP contribution < -0.4 is 10.1 Å². The van der Waals surface area contributed by atoms with E-state index in [1.54, 1.807) is 24.0 Å². The van der Waals surface area contributed by atoms with Gasteiger partial charge in [-0.2, -0.15) is 4.98 Å². The molecule has 10 heteroatoms. The average molecular weight is 514 g/mol.